The summed E-state index contributed by atoms with van der Waals surface area (Å²) >= 11 is 1.50. The van der Waals surface area contributed by atoms with Crippen LogP contribution in [0.1, 0.15) is 11.1 Å². The highest BCUT2D eigenvalue weighted by atomic mass is 32.1. The molecule has 3 nitrogen and oxygen atoms in total. The molecule has 0 aliphatic rings. The predicted octanol–water partition coefficient (Wildman–Crippen LogP) is 1.85. The van der Waals surface area contributed by atoms with Crippen molar-refractivity contribution in [2.75, 3.05) is 5.73 Å². The SMILES string of the molecule is N#Cc1cc2scc(N)c2cc1CO. The number of aliphatic hydroxyl groups is 1. The molecule has 1 aromatic heterocycles. The first-order valence-corrected chi connectivity index (χ1v) is 4.94. The van der Waals surface area contributed by atoms with Crippen molar-refractivity contribution in [3.63, 3.8) is 0 Å². The van der Waals surface area contributed by atoms with Crippen LogP contribution in [-0.2, 0) is 6.61 Å². The summed E-state index contributed by atoms with van der Waals surface area (Å²) in [6, 6.07) is 5.60. The zero-order valence-electron chi connectivity index (χ0n) is 7.32. The van der Waals surface area contributed by atoms with Crippen LogP contribution in [0.15, 0.2) is 17.5 Å². The molecule has 0 saturated heterocycles. The smallest absolute Gasteiger partial charge is 0.0995 e. The Kier molecular flexibility index (Phi) is 2.12. The Balaban J connectivity index is 2.79. The second kappa shape index (κ2) is 3.29. The summed E-state index contributed by atoms with van der Waals surface area (Å²) in [6.45, 7) is -0.131. The number of anilines is 1. The molecule has 0 radical (unpaired) electrons. The van der Waals surface area contributed by atoms with Gasteiger partial charge in [-0.1, -0.05) is 0 Å². The van der Waals surface area contributed by atoms with Gasteiger partial charge in [-0.05, 0) is 17.7 Å². The molecule has 1 heterocycles. The maximum absolute atomic E-state index is 9.05. The maximum atomic E-state index is 9.05. The highest BCUT2D eigenvalue weighted by Gasteiger charge is 2.07. The van der Waals surface area contributed by atoms with Crippen molar-refractivity contribution in [3.05, 3.63) is 28.6 Å². The number of hydrogen-bond donors (Lipinski definition) is 2. The fourth-order valence-electron chi connectivity index (χ4n) is 1.37. The fourth-order valence-corrected chi connectivity index (χ4v) is 2.24. The topological polar surface area (TPSA) is 70.0 Å². The summed E-state index contributed by atoms with van der Waals surface area (Å²) < 4.78 is 0.983. The van der Waals surface area contributed by atoms with E-state index in [1.165, 1.54) is 11.3 Å². The molecule has 14 heavy (non-hydrogen) atoms. The van der Waals surface area contributed by atoms with Gasteiger partial charge in [-0.3, -0.25) is 0 Å². The monoisotopic (exact) mass is 204 g/mol. The lowest BCUT2D eigenvalue weighted by Crippen LogP contribution is -1.90. The van der Waals surface area contributed by atoms with Crippen molar-refractivity contribution in [1.82, 2.24) is 0 Å². The number of nitrogen functional groups attached to an aromatic ring is 1. The van der Waals surface area contributed by atoms with Crippen LogP contribution in [0, 0.1) is 11.3 Å². The number of aliphatic hydroxyl groups excluding tert-OH is 1. The van der Waals surface area contributed by atoms with E-state index in [-0.39, 0.29) is 6.61 Å². The van der Waals surface area contributed by atoms with Gasteiger partial charge in [-0.2, -0.15) is 5.26 Å². The number of rotatable bonds is 1. The summed E-state index contributed by atoms with van der Waals surface area (Å²) in [7, 11) is 0. The van der Waals surface area contributed by atoms with Gasteiger partial charge in [0.1, 0.15) is 0 Å². The third kappa shape index (κ3) is 1.23. The minimum atomic E-state index is -0.131. The maximum Gasteiger partial charge on any atom is 0.0995 e. The Morgan fingerprint density at radius 1 is 1.50 bits per heavy atom. The van der Waals surface area contributed by atoms with E-state index >= 15 is 0 Å². The first-order valence-electron chi connectivity index (χ1n) is 4.07. The fraction of sp³-hybridized carbons (Fsp3) is 0.100. The molecule has 0 amide bonds. The predicted molar refractivity (Wildman–Crippen MR) is 56.9 cm³/mol. The lowest BCUT2D eigenvalue weighted by atomic mass is 10.1. The summed E-state index contributed by atoms with van der Waals surface area (Å²) in [5, 5.41) is 20.6. The Bertz CT molecular complexity index is 525. The van der Waals surface area contributed by atoms with Gasteiger partial charge in [0, 0.05) is 15.5 Å². The highest BCUT2D eigenvalue weighted by molar-refractivity contribution is 7.17. The van der Waals surface area contributed by atoms with E-state index in [0.29, 0.717) is 16.8 Å². The second-order valence-electron chi connectivity index (χ2n) is 2.97. The van der Waals surface area contributed by atoms with Crippen LogP contribution < -0.4 is 5.73 Å². The first kappa shape index (κ1) is 9.00. The number of hydrogen-bond acceptors (Lipinski definition) is 4. The van der Waals surface area contributed by atoms with Crippen LogP contribution in [0.3, 0.4) is 0 Å². The molecule has 2 rings (SSSR count). The van der Waals surface area contributed by atoms with E-state index in [1.807, 2.05) is 5.38 Å². The summed E-state index contributed by atoms with van der Waals surface area (Å²) in [4.78, 5) is 0. The number of fused-ring (bicyclic) bond motifs is 1. The molecule has 0 saturated carbocycles. The van der Waals surface area contributed by atoms with Crippen LogP contribution in [0.2, 0.25) is 0 Å². The van der Waals surface area contributed by atoms with E-state index < -0.39 is 0 Å². The van der Waals surface area contributed by atoms with Crippen LogP contribution in [0.4, 0.5) is 5.69 Å². The lowest BCUT2D eigenvalue weighted by molar-refractivity contribution is 0.281. The van der Waals surface area contributed by atoms with Gasteiger partial charge in [0.25, 0.3) is 0 Å². The average molecular weight is 204 g/mol. The zero-order valence-corrected chi connectivity index (χ0v) is 8.14. The van der Waals surface area contributed by atoms with Crippen LogP contribution in [0.25, 0.3) is 10.1 Å². The van der Waals surface area contributed by atoms with Crippen molar-refractivity contribution < 1.29 is 5.11 Å². The highest BCUT2D eigenvalue weighted by Crippen LogP contribution is 2.30. The van der Waals surface area contributed by atoms with Crippen LogP contribution in [0.5, 0.6) is 0 Å². The van der Waals surface area contributed by atoms with Crippen molar-refractivity contribution >= 4 is 27.1 Å². The van der Waals surface area contributed by atoms with Gasteiger partial charge in [-0.15, -0.1) is 11.3 Å². The first-order chi connectivity index (χ1) is 6.76. The number of nitrogens with zero attached hydrogens (tertiary/aromatic N) is 1. The van der Waals surface area contributed by atoms with Gasteiger partial charge < -0.3 is 10.8 Å². The largest absolute Gasteiger partial charge is 0.398 e. The molecule has 0 spiro atoms. The Hall–Kier alpha value is -1.57. The van der Waals surface area contributed by atoms with E-state index in [4.69, 9.17) is 16.1 Å². The van der Waals surface area contributed by atoms with Gasteiger partial charge in [0.15, 0.2) is 0 Å². The summed E-state index contributed by atoms with van der Waals surface area (Å²) in [5.41, 5.74) is 7.58. The minimum absolute atomic E-state index is 0.131. The zero-order chi connectivity index (χ0) is 10.1. The molecule has 0 atom stereocenters. The Labute approximate surface area is 85.0 Å². The van der Waals surface area contributed by atoms with E-state index in [2.05, 4.69) is 6.07 Å². The molecule has 4 heteroatoms. The lowest BCUT2D eigenvalue weighted by Gasteiger charge is -2.00. The molecular formula is C10H8N2OS. The Morgan fingerprint density at radius 3 is 2.93 bits per heavy atom. The van der Waals surface area contributed by atoms with Crippen molar-refractivity contribution in [1.29, 1.82) is 5.26 Å². The van der Waals surface area contributed by atoms with Gasteiger partial charge >= 0.3 is 0 Å². The number of nitriles is 1. The normalized spacial score (nSPS) is 10.3. The average Bonchev–Trinajstić information content (AvgIpc) is 2.58. The molecule has 1 aromatic carbocycles. The van der Waals surface area contributed by atoms with E-state index in [1.54, 1.807) is 12.1 Å². The summed E-state index contributed by atoms with van der Waals surface area (Å²) in [5.74, 6) is 0. The molecule has 0 aliphatic carbocycles. The van der Waals surface area contributed by atoms with Crippen LogP contribution >= 0.6 is 11.3 Å². The van der Waals surface area contributed by atoms with Gasteiger partial charge in [0.2, 0.25) is 0 Å². The molecule has 0 bridgehead atoms. The van der Waals surface area contributed by atoms with E-state index in [9.17, 15) is 0 Å². The molecular weight excluding hydrogens is 196 g/mol. The van der Waals surface area contributed by atoms with Crippen molar-refractivity contribution in [2.24, 2.45) is 0 Å². The third-order valence-corrected chi connectivity index (χ3v) is 3.08. The van der Waals surface area contributed by atoms with Crippen LogP contribution in [-0.4, -0.2) is 5.11 Å². The molecule has 3 N–H and O–H groups in total. The second-order valence-corrected chi connectivity index (χ2v) is 3.88. The van der Waals surface area contributed by atoms with Crippen molar-refractivity contribution in [3.8, 4) is 6.07 Å². The molecule has 0 aliphatic heterocycles. The number of benzene rings is 1. The van der Waals surface area contributed by atoms with E-state index in [0.717, 1.165) is 10.1 Å². The number of nitrogens with two attached hydrogens (primary N) is 1. The van der Waals surface area contributed by atoms with Gasteiger partial charge in [0.05, 0.1) is 23.9 Å². The summed E-state index contributed by atoms with van der Waals surface area (Å²) in [6.07, 6.45) is 0. The Morgan fingerprint density at radius 2 is 2.29 bits per heavy atom. The third-order valence-electron chi connectivity index (χ3n) is 2.12. The molecule has 0 fully saturated rings. The number of thiophene rings is 1. The minimum Gasteiger partial charge on any atom is -0.398 e. The van der Waals surface area contributed by atoms with Gasteiger partial charge in [-0.25, -0.2) is 0 Å². The molecule has 2 aromatic rings. The quantitative estimate of drug-likeness (QED) is 0.744. The standard InChI is InChI=1S/C10H8N2OS/c11-3-6-2-10-8(1-7(6)4-13)9(12)5-14-10/h1-2,5,13H,4,12H2. The molecule has 0 unspecified atom stereocenters. The van der Waals surface area contributed by atoms with Crippen molar-refractivity contribution in [2.45, 2.75) is 6.61 Å². The molecule has 70 valence electrons.